The lowest BCUT2D eigenvalue weighted by molar-refractivity contribution is 0.101. The van der Waals surface area contributed by atoms with Gasteiger partial charge < -0.3 is 15.0 Å². The molecule has 0 fully saturated rings. The summed E-state index contributed by atoms with van der Waals surface area (Å²) in [6.07, 6.45) is 3.35. The molecule has 0 bridgehead atoms. The van der Waals surface area contributed by atoms with Crippen LogP contribution in [0.15, 0.2) is 18.5 Å². The van der Waals surface area contributed by atoms with Crippen molar-refractivity contribution in [1.82, 2.24) is 14.5 Å². The van der Waals surface area contributed by atoms with Crippen LogP contribution in [-0.2, 0) is 11.8 Å². The molecule has 2 aromatic rings. The van der Waals surface area contributed by atoms with Crippen LogP contribution in [0.5, 0.6) is 0 Å². The second kappa shape index (κ2) is 3.96. The van der Waals surface area contributed by atoms with Crippen LogP contribution >= 0.6 is 0 Å². The number of imidazole rings is 1. The second-order valence-corrected chi connectivity index (χ2v) is 3.35. The lowest BCUT2D eigenvalue weighted by atomic mass is 10.3. The minimum Gasteiger partial charge on any atom is -0.372 e. The Morgan fingerprint density at radius 1 is 1.60 bits per heavy atom. The van der Waals surface area contributed by atoms with Gasteiger partial charge in [-0.1, -0.05) is 0 Å². The number of hydrogen-bond donors (Lipinski definition) is 1. The van der Waals surface area contributed by atoms with Gasteiger partial charge in [-0.05, 0) is 6.07 Å². The third-order valence-electron chi connectivity index (χ3n) is 2.50. The van der Waals surface area contributed by atoms with Crippen molar-refractivity contribution < 1.29 is 4.74 Å². The first kappa shape index (κ1) is 10.1. The maximum atomic E-state index is 5.61. The molecule has 2 aromatic heterocycles. The van der Waals surface area contributed by atoms with E-state index in [1.54, 1.807) is 19.5 Å². The Hall–Kier alpha value is -1.46. The van der Waals surface area contributed by atoms with Gasteiger partial charge >= 0.3 is 0 Å². The van der Waals surface area contributed by atoms with Crippen LogP contribution < -0.4 is 5.73 Å². The topological polar surface area (TPSA) is 66.0 Å². The van der Waals surface area contributed by atoms with E-state index in [2.05, 4.69) is 9.97 Å². The van der Waals surface area contributed by atoms with Crippen molar-refractivity contribution in [1.29, 1.82) is 0 Å². The third-order valence-corrected chi connectivity index (χ3v) is 2.50. The number of nitrogens with zero attached hydrogens (tertiary/aromatic N) is 3. The summed E-state index contributed by atoms with van der Waals surface area (Å²) in [5, 5.41) is 0. The summed E-state index contributed by atoms with van der Waals surface area (Å²) in [6.45, 7) is 0.418. The Balaban J connectivity index is 2.57. The molecule has 2 N–H and O–H groups in total. The van der Waals surface area contributed by atoms with Crippen LogP contribution in [0.3, 0.4) is 0 Å². The molecule has 1 atom stereocenters. The average molecular weight is 206 g/mol. The van der Waals surface area contributed by atoms with E-state index in [0.717, 1.165) is 16.9 Å². The quantitative estimate of drug-likeness (QED) is 0.799. The molecule has 0 aromatic carbocycles. The number of hydrogen-bond acceptors (Lipinski definition) is 4. The molecule has 2 heterocycles. The molecule has 15 heavy (non-hydrogen) atoms. The van der Waals surface area contributed by atoms with Crippen molar-refractivity contribution in [3.8, 4) is 0 Å². The van der Waals surface area contributed by atoms with E-state index in [1.165, 1.54) is 0 Å². The highest BCUT2D eigenvalue weighted by molar-refractivity contribution is 5.74. The number of nitrogens with two attached hydrogens (primary N) is 1. The number of fused-ring (bicyclic) bond motifs is 1. The number of ether oxygens (including phenoxy) is 1. The van der Waals surface area contributed by atoms with Crippen LogP contribution in [0.2, 0.25) is 0 Å². The standard InChI is InChI=1S/C10H14N4O/c1-14-8-6-12-4-3-7(8)13-10(14)9(5-11)15-2/h3-4,6,9H,5,11H2,1-2H3. The molecule has 5 nitrogen and oxygen atoms in total. The normalized spacial score (nSPS) is 13.3. The van der Waals surface area contributed by atoms with Crippen LogP contribution in [0.4, 0.5) is 0 Å². The van der Waals surface area contributed by atoms with Crippen molar-refractivity contribution >= 4 is 11.0 Å². The van der Waals surface area contributed by atoms with Crippen LogP contribution in [0.1, 0.15) is 11.9 Å². The molecule has 5 heteroatoms. The summed E-state index contributed by atoms with van der Waals surface area (Å²) in [5.41, 5.74) is 7.52. The fraction of sp³-hybridized carbons (Fsp3) is 0.400. The smallest absolute Gasteiger partial charge is 0.140 e. The number of rotatable bonds is 3. The monoisotopic (exact) mass is 206 g/mol. The van der Waals surface area contributed by atoms with Crippen molar-refractivity contribution in [3.63, 3.8) is 0 Å². The highest BCUT2D eigenvalue weighted by atomic mass is 16.5. The molecule has 0 spiro atoms. The molecule has 80 valence electrons. The zero-order valence-corrected chi connectivity index (χ0v) is 8.84. The summed E-state index contributed by atoms with van der Waals surface area (Å²) in [4.78, 5) is 8.54. The van der Waals surface area contributed by atoms with Gasteiger partial charge in [-0.2, -0.15) is 0 Å². The Kier molecular flexibility index (Phi) is 2.66. The van der Waals surface area contributed by atoms with Crippen LogP contribution in [-0.4, -0.2) is 28.2 Å². The Labute approximate surface area is 87.9 Å². The first-order chi connectivity index (χ1) is 7.27. The van der Waals surface area contributed by atoms with E-state index < -0.39 is 0 Å². The number of pyridine rings is 1. The van der Waals surface area contributed by atoms with Gasteiger partial charge in [0, 0.05) is 26.9 Å². The van der Waals surface area contributed by atoms with Gasteiger partial charge in [0.2, 0.25) is 0 Å². The van der Waals surface area contributed by atoms with E-state index in [0.29, 0.717) is 6.54 Å². The Morgan fingerprint density at radius 2 is 2.40 bits per heavy atom. The summed E-state index contributed by atoms with van der Waals surface area (Å²) < 4.78 is 7.23. The first-order valence-electron chi connectivity index (χ1n) is 4.77. The first-order valence-corrected chi connectivity index (χ1v) is 4.77. The zero-order chi connectivity index (χ0) is 10.8. The highest BCUT2D eigenvalue weighted by Crippen LogP contribution is 2.19. The lowest BCUT2D eigenvalue weighted by Crippen LogP contribution is -2.17. The maximum Gasteiger partial charge on any atom is 0.140 e. The molecule has 0 aliphatic rings. The van der Waals surface area contributed by atoms with Gasteiger partial charge in [-0.25, -0.2) is 4.98 Å². The summed E-state index contributed by atoms with van der Waals surface area (Å²) in [6, 6.07) is 1.88. The minimum absolute atomic E-state index is 0.164. The predicted molar refractivity (Wildman–Crippen MR) is 57.3 cm³/mol. The lowest BCUT2D eigenvalue weighted by Gasteiger charge is -2.12. The Morgan fingerprint density at radius 3 is 3.00 bits per heavy atom. The minimum atomic E-state index is -0.164. The molecule has 0 aliphatic heterocycles. The van der Waals surface area contributed by atoms with Gasteiger partial charge in [0.25, 0.3) is 0 Å². The van der Waals surface area contributed by atoms with E-state index in [9.17, 15) is 0 Å². The number of aryl methyl sites for hydroxylation is 1. The predicted octanol–water partition coefficient (Wildman–Crippen LogP) is 0.615. The van der Waals surface area contributed by atoms with Gasteiger partial charge in [-0.3, -0.25) is 4.98 Å². The molecule has 2 rings (SSSR count). The van der Waals surface area contributed by atoms with Crippen LogP contribution in [0.25, 0.3) is 11.0 Å². The molecule has 0 saturated carbocycles. The van der Waals surface area contributed by atoms with Gasteiger partial charge in [0.15, 0.2) is 0 Å². The van der Waals surface area contributed by atoms with Gasteiger partial charge in [-0.15, -0.1) is 0 Å². The van der Waals surface area contributed by atoms with Gasteiger partial charge in [0.1, 0.15) is 11.9 Å². The Bertz CT molecular complexity index is 461. The van der Waals surface area contributed by atoms with Crippen molar-refractivity contribution in [2.24, 2.45) is 12.8 Å². The number of methoxy groups -OCH3 is 1. The maximum absolute atomic E-state index is 5.61. The highest BCUT2D eigenvalue weighted by Gasteiger charge is 2.16. The molecule has 0 amide bonds. The zero-order valence-electron chi connectivity index (χ0n) is 8.84. The summed E-state index contributed by atoms with van der Waals surface area (Å²) in [7, 11) is 3.57. The molecule has 1 unspecified atom stereocenters. The number of aromatic nitrogens is 3. The molecular formula is C10H14N4O. The molecular weight excluding hydrogens is 192 g/mol. The van der Waals surface area contributed by atoms with E-state index in [1.807, 2.05) is 17.7 Å². The fourth-order valence-electron chi connectivity index (χ4n) is 1.65. The molecule has 0 saturated heterocycles. The van der Waals surface area contributed by atoms with Crippen molar-refractivity contribution in [3.05, 3.63) is 24.3 Å². The summed E-state index contributed by atoms with van der Waals surface area (Å²) >= 11 is 0. The van der Waals surface area contributed by atoms with E-state index >= 15 is 0 Å². The van der Waals surface area contributed by atoms with Crippen molar-refractivity contribution in [2.45, 2.75) is 6.10 Å². The van der Waals surface area contributed by atoms with E-state index in [4.69, 9.17) is 10.5 Å². The van der Waals surface area contributed by atoms with Gasteiger partial charge in [0.05, 0.1) is 17.2 Å². The fourth-order valence-corrected chi connectivity index (χ4v) is 1.65. The second-order valence-electron chi connectivity index (χ2n) is 3.35. The molecule has 0 radical (unpaired) electrons. The van der Waals surface area contributed by atoms with Crippen LogP contribution in [0, 0.1) is 0 Å². The molecule has 0 aliphatic carbocycles. The third kappa shape index (κ3) is 1.60. The summed E-state index contributed by atoms with van der Waals surface area (Å²) in [5.74, 6) is 0.836. The average Bonchev–Trinajstić information content (AvgIpc) is 2.60. The SMILES string of the molecule is COC(CN)c1nc2ccncc2n1C. The van der Waals surface area contributed by atoms with E-state index in [-0.39, 0.29) is 6.10 Å². The van der Waals surface area contributed by atoms with Crippen molar-refractivity contribution in [2.75, 3.05) is 13.7 Å². The largest absolute Gasteiger partial charge is 0.372 e.